The van der Waals surface area contributed by atoms with Crippen LogP contribution in [0, 0.1) is 0 Å². The van der Waals surface area contributed by atoms with Gasteiger partial charge in [-0.3, -0.25) is 4.79 Å². The molecular formula is C13H18ClNO2. The van der Waals surface area contributed by atoms with Crippen molar-refractivity contribution >= 4 is 17.6 Å². The Bertz CT molecular complexity index is 378. The molecule has 0 unspecified atom stereocenters. The highest BCUT2D eigenvalue weighted by molar-refractivity contribution is 6.30. The van der Waals surface area contributed by atoms with Gasteiger partial charge in [0.2, 0.25) is 0 Å². The highest BCUT2D eigenvalue weighted by atomic mass is 35.5. The molecule has 0 aliphatic carbocycles. The number of hydrogen-bond acceptors (Lipinski definition) is 2. The van der Waals surface area contributed by atoms with Gasteiger partial charge in [0, 0.05) is 11.4 Å². The summed E-state index contributed by atoms with van der Waals surface area (Å²) in [5, 5.41) is 9.86. The quantitative estimate of drug-likeness (QED) is 0.822. The van der Waals surface area contributed by atoms with E-state index in [2.05, 4.69) is 0 Å². The number of benzene rings is 1. The molecule has 3 N–H and O–H groups in total. The van der Waals surface area contributed by atoms with E-state index >= 15 is 0 Å². The van der Waals surface area contributed by atoms with Gasteiger partial charge in [-0.25, -0.2) is 0 Å². The Kier molecular flexibility index (Phi) is 4.97. The minimum atomic E-state index is -1.18. The van der Waals surface area contributed by atoms with Crippen molar-refractivity contribution in [1.29, 1.82) is 0 Å². The first-order chi connectivity index (χ1) is 7.98. The molecule has 0 saturated heterocycles. The maximum Gasteiger partial charge on any atom is 0.324 e. The van der Waals surface area contributed by atoms with Gasteiger partial charge in [-0.2, -0.15) is 0 Å². The zero-order valence-corrected chi connectivity index (χ0v) is 10.7. The minimum Gasteiger partial charge on any atom is -0.480 e. The van der Waals surface area contributed by atoms with Crippen molar-refractivity contribution in [3.63, 3.8) is 0 Å². The first-order valence-corrected chi connectivity index (χ1v) is 6.12. The smallest absolute Gasteiger partial charge is 0.324 e. The summed E-state index contributed by atoms with van der Waals surface area (Å²) in [6.45, 7) is 2.02. The van der Waals surface area contributed by atoms with E-state index in [1.54, 1.807) is 12.1 Å². The third kappa shape index (κ3) is 4.02. The SMILES string of the molecule is CCCC[C@@](N)(Cc1ccc(Cl)cc1)C(=O)O. The van der Waals surface area contributed by atoms with Gasteiger partial charge in [-0.15, -0.1) is 0 Å². The number of rotatable bonds is 6. The number of nitrogens with two attached hydrogens (primary N) is 1. The van der Waals surface area contributed by atoms with E-state index in [9.17, 15) is 9.90 Å². The van der Waals surface area contributed by atoms with Gasteiger partial charge >= 0.3 is 5.97 Å². The maximum absolute atomic E-state index is 11.2. The van der Waals surface area contributed by atoms with Gasteiger partial charge in [0.1, 0.15) is 5.54 Å². The molecule has 4 heteroatoms. The topological polar surface area (TPSA) is 63.3 Å². The molecule has 1 aromatic carbocycles. The highest BCUT2D eigenvalue weighted by Crippen LogP contribution is 2.19. The first-order valence-electron chi connectivity index (χ1n) is 5.74. The van der Waals surface area contributed by atoms with Crippen LogP contribution in [0.2, 0.25) is 5.02 Å². The molecule has 0 radical (unpaired) electrons. The van der Waals surface area contributed by atoms with E-state index in [1.807, 2.05) is 19.1 Å². The van der Waals surface area contributed by atoms with Crippen molar-refractivity contribution in [1.82, 2.24) is 0 Å². The van der Waals surface area contributed by atoms with Crippen LogP contribution in [0.4, 0.5) is 0 Å². The van der Waals surface area contributed by atoms with Gasteiger partial charge in [0.05, 0.1) is 0 Å². The second kappa shape index (κ2) is 6.03. The average Bonchev–Trinajstić information content (AvgIpc) is 2.29. The summed E-state index contributed by atoms with van der Waals surface area (Å²) in [6.07, 6.45) is 2.57. The van der Waals surface area contributed by atoms with Gasteiger partial charge in [0.25, 0.3) is 0 Å². The molecule has 94 valence electrons. The molecule has 17 heavy (non-hydrogen) atoms. The Balaban J connectivity index is 2.79. The van der Waals surface area contributed by atoms with Crippen molar-refractivity contribution in [3.8, 4) is 0 Å². The summed E-state index contributed by atoms with van der Waals surface area (Å²) in [5.41, 5.74) is 5.69. The summed E-state index contributed by atoms with van der Waals surface area (Å²) in [7, 11) is 0. The fraction of sp³-hybridized carbons (Fsp3) is 0.462. The maximum atomic E-state index is 11.2. The van der Waals surface area contributed by atoms with E-state index in [-0.39, 0.29) is 0 Å². The predicted molar refractivity (Wildman–Crippen MR) is 69.2 cm³/mol. The van der Waals surface area contributed by atoms with Crippen molar-refractivity contribution < 1.29 is 9.90 Å². The van der Waals surface area contributed by atoms with Gasteiger partial charge in [-0.05, 0) is 24.1 Å². The fourth-order valence-electron chi connectivity index (χ4n) is 1.73. The molecule has 1 rings (SSSR count). The van der Waals surface area contributed by atoms with Crippen LogP contribution in [0.3, 0.4) is 0 Å². The molecule has 0 heterocycles. The summed E-state index contributed by atoms with van der Waals surface area (Å²) in [5.74, 6) is -0.944. The molecular weight excluding hydrogens is 238 g/mol. The van der Waals surface area contributed by atoms with E-state index in [0.717, 1.165) is 18.4 Å². The molecule has 1 aromatic rings. The van der Waals surface area contributed by atoms with Crippen LogP contribution in [0.5, 0.6) is 0 Å². The van der Waals surface area contributed by atoms with Gasteiger partial charge in [-0.1, -0.05) is 43.5 Å². The van der Waals surface area contributed by atoms with Crippen molar-refractivity contribution in [2.24, 2.45) is 5.73 Å². The molecule has 0 saturated carbocycles. The molecule has 3 nitrogen and oxygen atoms in total. The van der Waals surface area contributed by atoms with Crippen LogP contribution in [-0.2, 0) is 11.2 Å². The normalized spacial score (nSPS) is 14.3. The Morgan fingerprint density at radius 2 is 2.00 bits per heavy atom. The average molecular weight is 256 g/mol. The fourth-order valence-corrected chi connectivity index (χ4v) is 1.86. The van der Waals surface area contributed by atoms with E-state index in [0.29, 0.717) is 17.9 Å². The number of carboxylic acids is 1. The van der Waals surface area contributed by atoms with Crippen LogP contribution in [0.25, 0.3) is 0 Å². The lowest BCUT2D eigenvalue weighted by molar-refractivity contribution is -0.143. The molecule has 0 aliphatic rings. The number of carboxylic acid groups (broad SMARTS) is 1. The number of carbonyl (C=O) groups is 1. The molecule has 0 aromatic heterocycles. The number of aliphatic carboxylic acids is 1. The zero-order chi connectivity index (χ0) is 12.9. The third-order valence-electron chi connectivity index (χ3n) is 2.84. The minimum absolute atomic E-state index is 0.333. The van der Waals surface area contributed by atoms with Crippen molar-refractivity contribution in [2.75, 3.05) is 0 Å². The van der Waals surface area contributed by atoms with Crippen LogP contribution in [-0.4, -0.2) is 16.6 Å². The lowest BCUT2D eigenvalue weighted by Crippen LogP contribution is -2.49. The summed E-state index contributed by atoms with van der Waals surface area (Å²) in [4.78, 5) is 11.2. The third-order valence-corrected chi connectivity index (χ3v) is 3.09. The van der Waals surface area contributed by atoms with Crippen LogP contribution < -0.4 is 5.73 Å². The lowest BCUT2D eigenvalue weighted by Gasteiger charge is -2.24. The molecule has 0 bridgehead atoms. The Labute approximate surface area is 107 Å². The zero-order valence-electron chi connectivity index (χ0n) is 9.95. The second-order valence-electron chi connectivity index (χ2n) is 4.37. The van der Waals surface area contributed by atoms with E-state index in [1.165, 1.54) is 0 Å². The van der Waals surface area contributed by atoms with E-state index in [4.69, 9.17) is 17.3 Å². The Morgan fingerprint density at radius 3 is 2.47 bits per heavy atom. The lowest BCUT2D eigenvalue weighted by atomic mass is 9.87. The van der Waals surface area contributed by atoms with E-state index < -0.39 is 11.5 Å². The number of unbranched alkanes of at least 4 members (excludes halogenated alkanes) is 1. The number of halogens is 1. The van der Waals surface area contributed by atoms with Gasteiger partial charge in [0.15, 0.2) is 0 Å². The Morgan fingerprint density at radius 1 is 1.41 bits per heavy atom. The summed E-state index contributed by atoms with van der Waals surface area (Å²) >= 11 is 5.78. The molecule has 0 aliphatic heterocycles. The van der Waals surface area contributed by atoms with Gasteiger partial charge < -0.3 is 10.8 Å². The highest BCUT2D eigenvalue weighted by Gasteiger charge is 2.33. The number of hydrogen-bond donors (Lipinski definition) is 2. The molecule has 0 spiro atoms. The largest absolute Gasteiger partial charge is 0.480 e. The van der Waals surface area contributed by atoms with Crippen LogP contribution >= 0.6 is 11.6 Å². The van der Waals surface area contributed by atoms with Crippen molar-refractivity contribution in [2.45, 2.75) is 38.1 Å². The summed E-state index contributed by atoms with van der Waals surface area (Å²) < 4.78 is 0. The molecule has 1 atom stereocenters. The van der Waals surface area contributed by atoms with Crippen LogP contribution in [0.1, 0.15) is 31.7 Å². The first kappa shape index (κ1) is 14.0. The van der Waals surface area contributed by atoms with Crippen LogP contribution in [0.15, 0.2) is 24.3 Å². The predicted octanol–water partition coefficient (Wildman–Crippen LogP) is 2.85. The standard InChI is InChI=1S/C13H18ClNO2/c1-2-3-8-13(15,12(16)17)9-10-4-6-11(14)7-5-10/h4-7H,2-3,8-9,15H2,1H3,(H,16,17)/t13-/m1/s1. The second-order valence-corrected chi connectivity index (χ2v) is 4.80. The summed E-state index contributed by atoms with van der Waals surface area (Å²) in [6, 6.07) is 7.13. The molecule has 0 amide bonds. The molecule has 0 fully saturated rings. The Hall–Kier alpha value is -1.06. The monoisotopic (exact) mass is 255 g/mol. The van der Waals surface area contributed by atoms with Crippen molar-refractivity contribution in [3.05, 3.63) is 34.9 Å².